The summed E-state index contributed by atoms with van der Waals surface area (Å²) in [5.41, 5.74) is 1.35. The molecule has 0 bridgehead atoms. The lowest BCUT2D eigenvalue weighted by Crippen LogP contribution is -2.04. The van der Waals surface area contributed by atoms with Crippen LogP contribution in [0.3, 0.4) is 0 Å². The Labute approximate surface area is 91.1 Å². The number of hydrogen-bond acceptors (Lipinski definition) is 5. The van der Waals surface area contributed by atoms with Crippen LogP contribution >= 0.6 is 11.5 Å². The normalized spacial score (nSPS) is 10.5. The molecular formula is C10H10N2O2S. The van der Waals surface area contributed by atoms with E-state index < -0.39 is 0 Å². The summed E-state index contributed by atoms with van der Waals surface area (Å²) in [6.07, 6.45) is 0.288. The number of ketones is 1. The van der Waals surface area contributed by atoms with Gasteiger partial charge in [-0.3, -0.25) is 4.79 Å². The first-order valence-corrected chi connectivity index (χ1v) is 5.36. The highest BCUT2D eigenvalue weighted by atomic mass is 32.1. The minimum atomic E-state index is 0.0250. The van der Waals surface area contributed by atoms with Gasteiger partial charge in [0.25, 0.3) is 0 Å². The third-order valence-electron chi connectivity index (χ3n) is 2.09. The molecule has 78 valence electrons. The van der Waals surface area contributed by atoms with Crippen molar-refractivity contribution >= 4 is 17.3 Å². The number of Topliss-reactive ketones (excluding diaryl/α,β-unsaturated/α-hetero) is 1. The molecule has 0 saturated heterocycles. The van der Waals surface area contributed by atoms with Gasteiger partial charge in [0.05, 0.1) is 17.7 Å². The number of rotatable bonds is 3. The van der Waals surface area contributed by atoms with Gasteiger partial charge in [-0.2, -0.15) is 0 Å². The summed E-state index contributed by atoms with van der Waals surface area (Å²) in [6, 6.07) is 1.76. The standard InChI is InChI=1S/C10H10N2O2S/c1-6-3-9(7(2)14-6)10(13)4-8-5-15-12-11-8/h3,5H,4H2,1-2H3. The minimum absolute atomic E-state index is 0.0250. The summed E-state index contributed by atoms with van der Waals surface area (Å²) in [7, 11) is 0. The first-order valence-electron chi connectivity index (χ1n) is 4.53. The van der Waals surface area contributed by atoms with Crippen molar-refractivity contribution in [2.45, 2.75) is 20.3 Å². The van der Waals surface area contributed by atoms with Crippen LogP contribution in [0.5, 0.6) is 0 Å². The molecule has 2 rings (SSSR count). The second kappa shape index (κ2) is 3.94. The molecule has 0 spiro atoms. The van der Waals surface area contributed by atoms with Gasteiger partial charge in [-0.15, -0.1) is 5.10 Å². The predicted molar refractivity (Wildman–Crippen MR) is 56.1 cm³/mol. The zero-order valence-corrected chi connectivity index (χ0v) is 9.30. The molecule has 0 aliphatic heterocycles. The molecule has 5 heteroatoms. The molecule has 0 N–H and O–H groups in total. The van der Waals surface area contributed by atoms with Crippen molar-refractivity contribution in [3.05, 3.63) is 34.2 Å². The van der Waals surface area contributed by atoms with Crippen molar-refractivity contribution < 1.29 is 9.21 Å². The van der Waals surface area contributed by atoms with E-state index in [1.54, 1.807) is 18.4 Å². The van der Waals surface area contributed by atoms with Crippen molar-refractivity contribution in [1.29, 1.82) is 0 Å². The summed E-state index contributed by atoms with van der Waals surface area (Å²) < 4.78 is 9.01. The van der Waals surface area contributed by atoms with Crippen molar-refractivity contribution in [2.24, 2.45) is 0 Å². The fraction of sp³-hybridized carbons (Fsp3) is 0.300. The molecule has 0 aromatic carbocycles. The Bertz CT molecular complexity index is 474. The topological polar surface area (TPSA) is 56.0 Å². The Balaban J connectivity index is 2.18. The Kier molecular flexibility index (Phi) is 2.64. The Morgan fingerprint density at radius 1 is 1.53 bits per heavy atom. The van der Waals surface area contributed by atoms with Crippen LogP contribution in [0.1, 0.15) is 27.6 Å². The van der Waals surface area contributed by atoms with Crippen LogP contribution in [0.2, 0.25) is 0 Å². The minimum Gasteiger partial charge on any atom is -0.466 e. The smallest absolute Gasteiger partial charge is 0.172 e. The van der Waals surface area contributed by atoms with E-state index in [4.69, 9.17) is 4.42 Å². The first-order chi connectivity index (χ1) is 7.16. The van der Waals surface area contributed by atoms with E-state index in [0.29, 0.717) is 17.0 Å². The fourth-order valence-corrected chi connectivity index (χ4v) is 1.88. The van der Waals surface area contributed by atoms with Crippen LogP contribution in [0.4, 0.5) is 0 Å². The molecular weight excluding hydrogens is 212 g/mol. The average molecular weight is 222 g/mol. The lowest BCUT2D eigenvalue weighted by atomic mass is 10.1. The van der Waals surface area contributed by atoms with Crippen molar-refractivity contribution in [3.8, 4) is 0 Å². The van der Waals surface area contributed by atoms with E-state index in [1.165, 1.54) is 11.5 Å². The van der Waals surface area contributed by atoms with Gasteiger partial charge in [0.2, 0.25) is 0 Å². The molecule has 0 radical (unpaired) electrons. The van der Waals surface area contributed by atoms with Crippen LogP contribution in [0, 0.1) is 13.8 Å². The lowest BCUT2D eigenvalue weighted by molar-refractivity contribution is 0.0990. The van der Waals surface area contributed by atoms with Crippen LogP contribution < -0.4 is 0 Å². The van der Waals surface area contributed by atoms with Gasteiger partial charge in [0, 0.05) is 5.38 Å². The molecule has 0 amide bonds. The van der Waals surface area contributed by atoms with E-state index in [2.05, 4.69) is 9.59 Å². The number of nitrogens with zero attached hydrogens (tertiary/aromatic N) is 2. The number of furan rings is 1. The molecule has 2 aromatic rings. The van der Waals surface area contributed by atoms with Gasteiger partial charge in [-0.25, -0.2) is 0 Å². The second-order valence-electron chi connectivity index (χ2n) is 3.32. The lowest BCUT2D eigenvalue weighted by Gasteiger charge is -1.94. The van der Waals surface area contributed by atoms with Crippen molar-refractivity contribution in [3.63, 3.8) is 0 Å². The van der Waals surface area contributed by atoms with Crippen molar-refractivity contribution in [1.82, 2.24) is 9.59 Å². The largest absolute Gasteiger partial charge is 0.466 e. The summed E-state index contributed by atoms with van der Waals surface area (Å²) in [5, 5.41) is 5.61. The fourth-order valence-electron chi connectivity index (χ4n) is 1.43. The molecule has 15 heavy (non-hydrogen) atoms. The van der Waals surface area contributed by atoms with Gasteiger partial charge in [-0.1, -0.05) is 4.49 Å². The maximum atomic E-state index is 11.8. The molecule has 2 aromatic heterocycles. The third-order valence-corrected chi connectivity index (χ3v) is 2.64. The maximum absolute atomic E-state index is 11.8. The van der Waals surface area contributed by atoms with E-state index in [9.17, 15) is 4.79 Å². The monoisotopic (exact) mass is 222 g/mol. The van der Waals surface area contributed by atoms with E-state index in [1.807, 2.05) is 6.92 Å². The Morgan fingerprint density at radius 2 is 2.33 bits per heavy atom. The Morgan fingerprint density at radius 3 is 2.87 bits per heavy atom. The molecule has 0 fully saturated rings. The number of carbonyl (C=O) groups is 1. The molecule has 4 nitrogen and oxygen atoms in total. The first kappa shape index (κ1) is 10.0. The number of hydrogen-bond donors (Lipinski definition) is 0. The van der Waals surface area contributed by atoms with E-state index >= 15 is 0 Å². The van der Waals surface area contributed by atoms with Crippen LogP contribution in [-0.2, 0) is 6.42 Å². The molecule has 0 unspecified atom stereocenters. The third kappa shape index (κ3) is 2.12. The van der Waals surface area contributed by atoms with Gasteiger partial charge in [-0.05, 0) is 31.4 Å². The van der Waals surface area contributed by atoms with Gasteiger partial charge in [0.1, 0.15) is 11.5 Å². The Hall–Kier alpha value is -1.49. The summed E-state index contributed by atoms with van der Waals surface area (Å²) in [4.78, 5) is 11.8. The zero-order chi connectivity index (χ0) is 10.8. The van der Waals surface area contributed by atoms with Crippen LogP contribution in [0.15, 0.2) is 15.9 Å². The summed E-state index contributed by atoms with van der Waals surface area (Å²) in [5.74, 6) is 1.45. The average Bonchev–Trinajstić information content (AvgIpc) is 2.75. The van der Waals surface area contributed by atoms with Gasteiger partial charge < -0.3 is 4.42 Å². The second-order valence-corrected chi connectivity index (χ2v) is 3.93. The van der Waals surface area contributed by atoms with Crippen LogP contribution in [-0.4, -0.2) is 15.4 Å². The van der Waals surface area contributed by atoms with Gasteiger partial charge in [0.15, 0.2) is 5.78 Å². The number of carbonyl (C=O) groups excluding carboxylic acids is 1. The zero-order valence-electron chi connectivity index (χ0n) is 8.48. The van der Waals surface area contributed by atoms with E-state index in [-0.39, 0.29) is 12.2 Å². The molecule has 0 saturated carbocycles. The maximum Gasteiger partial charge on any atom is 0.172 e. The summed E-state index contributed by atoms with van der Waals surface area (Å²) in [6.45, 7) is 3.62. The highest BCUT2D eigenvalue weighted by Crippen LogP contribution is 2.16. The van der Waals surface area contributed by atoms with Crippen molar-refractivity contribution in [2.75, 3.05) is 0 Å². The molecule has 0 atom stereocenters. The quantitative estimate of drug-likeness (QED) is 0.747. The highest BCUT2D eigenvalue weighted by Gasteiger charge is 2.14. The number of aromatic nitrogens is 2. The summed E-state index contributed by atoms with van der Waals surface area (Å²) >= 11 is 1.25. The molecule has 2 heterocycles. The number of aryl methyl sites for hydroxylation is 2. The van der Waals surface area contributed by atoms with E-state index in [0.717, 1.165) is 5.76 Å². The highest BCUT2D eigenvalue weighted by molar-refractivity contribution is 7.03. The predicted octanol–water partition coefficient (Wildman–Crippen LogP) is 2.17. The SMILES string of the molecule is Cc1cc(C(=O)Cc2csnn2)c(C)o1. The van der Waals surface area contributed by atoms with Gasteiger partial charge >= 0.3 is 0 Å². The molecule has 0 aliphatic carbocycles. The van der Waals surface area contributed by atoms with Crippen LogP contribution in [0.25, 0.3) is 0 Å². The molecule has 0 aliphatic rings.